The highest BCUT2D eigenvalue weighted by atomic mass is 16.4. The first kappa shape index (κ1) is 25.3. The van der Waals surface area contributed by atoms with Gasteiger partial charge in [-0.05, 0) is 24.5 Å². The number of benzene rings is 1. The van der Waals surface area contributed by atoms with Crippen molar-refractivity contribution in [1.29, 1.82) is 0 Å². The molecule has 0 aliphatic heterocycles. The van der Waals surface area contributed by atoms with Crippen LogP contribution < -0.4 is 16.4 Å². The Labute approximate surface area is 188 Å². The molecule has 0 radical (unpaired) electrons. The van der Waals surface area contributed by atoms with Gasteiger partial charge < -0.3 is 36.7 Å². The smallest absolute Gasteiger partial charge is 0.326 e. The number of nitrogens with one attached hydrogen (secondary N) is 3. The van der Waals surface area contributed by atoms with Crippen LogP contribution in [0.1, 0.15) is 31.2 Å². The highest BCUT2D eigenvalue weighted by Crippen LogP contribution is 2.19. The molecule has 0 saturated carbocycles. The van der Waals surface area contributed by atoms with E-state index in [1.807, 2.05) is 18.2 Å². The van der Waals surface area contributed by atoms with Crippen LogP contribution in [-0.2, 0) is 30.4 Å². The Bertz CT molecular complexity index is 1030. The molecular weight excluding hydrogens is 436 g/mol. The lowest BCUT2D eigenvalue weighted by Gasteiger charge is -2.22. The minimum atomic E-state index is -1.48. The van der Waals surface area contributed by atoms with Gasteiger partial charge in [-0.2, -0.15) is 0 Å². The van der Waals surface area contributed by atoms with Crippen LogP contribution in [0.5, 0.6) is 0 Å². The van der Waals surface area contributed by atoms with E-state index in [-0.39, 0.29) is 25.7 Å². The third-order valence-electron chi connectivity index (χ3n) is 5.00. The quantitative estimate of drug-likeness (QED) is 0.210. The average molecular weight is 462 g/mol. The maximum absolute atomic E-state index is 12.9. The van der Waals surface area contributed by atoms with Gasteiger partial charge in [0.2, 0.25) is 11.8 Å². The van der Waals surface area contributed by atoms with Crippen molar-refractivity contribution in [3.8, 4) is 0 Å². The van der Waals surface area contributed by atoms with Gasteiger partial charge in [0.25, 0.3) is 0 Å². The molecule has 33 heavy (non-hydrogen) atoms. The zero-order valence-electron chi connectivity index (χ0n) is 17.6. The van der Waals surface area contributed by atoms with Gasteiger partial charge in [0, 0.05) is 36.4 Å². The number of hydrogen-bond acceptors (Lipinski definition) is 6. The number of para-hydroxylation sites is 1. The number of fused-ring (bicyclic) bond motifs is 1. The molecule has 1 aromatic carbocycles. The molecule has 12 nitrogen and oxygen atoms in total. The summed E-state index contributed by atoms with van der Waals surface area (Å²) in [4.78, 5) is 61.4. The fourth-order valence-corrected chi connectivity index (χ4v) is 3.22. The summed E-state index contributed by atoms with van der Waals surface area (Å²) in [7, 11) is 0. The number of H-pyrrole nitrogens is 1. The summed E-state index contributed by atoms with van der Waals surface area (Å²) >= 11 is 0. The highest BCUT2D eigenvalue weighted by Gasteiger charge is 2.29. The summed E-state index contributed by atoms with van der Waals surface area (Å²) < 4.78 is 0. The van der Waals surface area contributed by atoms with Crippen LogP contribution in [0, 0.1) is 0 Å². The van der Waals surface area contributed by atoms with E-state index < -0.39 is 54.3 Å². The second-order valence-corrected chi connectivity index (χ2v) is 7.50. The molecule has 8 N–H and O–H groups in total. The second-order valence-electron chi connectivity index (χ2n) is 7.50. The van der Waals surface area contributed by atoms with Gasteiger partial charge in [0.05, 0.1) is 6.04 Å². The summed E-state index contributed by atoms with van der Waals surface area (Å²) in [6, 6.07) is 3.33. The van der Waals surface area contributed by atoms with Crippen molar-refractivity contribution >= 4 is 40.6 Å². The number of aromatic amines is 1. The molecule has 3 atom stereocenters. The number of carboxylic acid groups (broad SMARTS) is 3. The van der Waals surface area contributed by atoms with E-state index in [4.69, 9.17) is 15.9 Å². The lowest BCUT2D eigenvalue weighted by atomic mass is 10.0. The van der Waals surface area contributed by atoms with Crippen molar-refractivity contribution in [3.63, 3.8) is 0 Å². The fourth-order valence-electron chi connectivity index (χ4n) is 3.22. The van der Waals surface area contributed by atoms with E-state index in [0.717, 1.165) is 10.9 Å². The molecule has 0 spiro atoms. The molecule has 0 saturated heterocycles. The molecule has 0 aliphatic carbocycles. The summed E-state index contributed by atoms with van der Waals surface area (Å²) in [6.45, 7) is 0. The second kappa shape index (κ2) is 11.6. The van der Waals surface area contributed by atoms with Crippen molar-refractivity contribution in [3.05, 3.63) is 36.0 Å². The number of carbonyl (C=O) groups excluding carboxylic acids is 2. The van der Waals surface area contributed by atoms with Crippen molar-refractivity contribution < 1.29 is 39.3 Å². The molecule has 0 unspecified atom stereocenters. The molecule has 1 heterocycles. The van der Waals surface area contributed by atoms with Crippen LogP contribution in [0.3, 0.4) is 0 Å². The minimum Gasteiger partial charge on any atom is -0.481 e. The first-order valence-electron chi connectivity index (χ1n) is 10.2. The van der Waals surface area contributed by atoms with Gasteiger partial charge in [-0.15, -0.1) is 0 Å². The van der Waals surface area contributed by atoms with E-state index in [1.54, 1.807) is 12.3 Å². The van der Waals surface area contributed by atoms with E-state index >= 15 is 0 Å². The molecule has 1 aromatic heterocycles. The first-order valence-corrected chi connectivity index (χ1v) is 10.2. The Hall–Kier alpha value is -3.93. The fraction of sp³-hybridized carbons (Fsp3) is 0.381. The Morgan fingerprint density at radius 3 is 2.12 bits per heavy atom. The van der Waals surface area contributed by atoms with Crippen LogP contribution in [-0.4, -0.2) is 68.2 Å². The van der Waals surface area contributed by atoms with E-state index in [1.165, 1.54) is 0 Å². The number of carbonyl (C=O) groups is 5. The molecule has 2 rings (SSSR count). The summed E-state index contributed by atoms with van der Waals surface area (Å²) in [6.07, 6.45) is 0.321. The van der Waals surface area contributed by atoms with E-state index in [2.05, 4.69) is 15.6 Å². The van der Waals surface area contributed by atoms with Crippen LogP contribution in [0.2, 0.25) is 0 Å². The Balaban J connectivity index is 2.22. The highest BCUT2D eigenvalue weighted by molar-refractivity contribution is 5.93. The summed E-state index contributed by atoms with van der Waals surface area (Å²) in [5.74, 6) is -5.37. The largest absolute Gasteiger partial charge is 0.481 e. The molecule has 0 aliphatic rings. The third-order valence-corrected chi connectivity index (χ3v) is 5.00. The standard InChI is InChI=1S/C21H26N4O8/c22-13(5-7-17(26)27)19(30)25-16(9-11-10-23-14-4-2-1-3-12(11)14)20(31)24-15(21(32)33)6-8-18(28)29/h1-4,10,13,15-16,23H,5-9,22H2,(H,24,31)(H,25,30)(H,26,27)(H,28,29)(H,32,33)/t13-,15+,16+/m1/s1. The number of rotatable bonds is 13. The number of hydrogen-bond donors (Lipinski definition) is 7. The number of amides is 2. The van der Waals surface area contributed by atoms with Gasteiger partial charge in [0.15, 0.2) is 0 Å². The molecule has 178 valence electrons. The molecule has 12 heteroatoms. The molecule has 0 bridgehead atoms. The topological polar surface area (TPSA) is 212 Å². The lowest BCUT2D eigenvalue weighted by Crippen LogP contribution is -2.55. The number of aliphatic carboxylic acids is 3. The predicted octanol–water partition coefficient (Wildman–Crippen LogP) is -0.178. The zero-order valence-corrected chi connectivity index (χ0v) is 17.6. The number of nitrogens with two attached hydrogens (primary N) is 1. The van der Waals surface area contributed by atoms with Crippen LogP contribution in [0.25, 0.3) is 10.9 Å². The monoisotopic (exact) mass is 462 g/mol. The Morgan fingerprint density at radius 2 is 1.48 bits per heavy atom. The molecule has 2 amide bonds. The molecule has 2 aromatic rings. The van der Waals surface area contributed by atoms with Crippen LogP contribution >= 0.6 is 0 Å². The summed E-state index contributed by atoms with van der Waals surface area (Å²) in [5, 5.41) is 32.4. The van der Waals surface area contributed by atoms with Gasteiger partial charge in [0.1, 0.15) is 12.1 Å². The SMILES string of the molecule is N[C@H](CCC(=O)O)C(=O)N[C@@H](Cc1c[nH]c2ccccc12)C(=O)N[C@@H](CCC(=O)O)C(=O)O. The maximum Gasteiger partial charge on any atom is 0.326 e. The molecular formula is C21H26N4O8. The van der Waals surface area contributed by atoms with Gasteiger partial charge in [-0.3, -0.25) is 19.2 Å². The predicted molar refractivity (Wildman–Crippen MR) is 115 cm³/mol. The van der Waals surface area contributed by atoms with E-state index in [0.29, 0.717) is 5.56 Å². The van der Waals surface area contributed by atoms with Crippen molar-refractivity contribution in [2.75, 3.05) is 0 Å². The normalized spacial score (nSPS) is 13.6. The zero-order chi connectivity index (χ0) is 24.5. The van der Waals surface area contributed by atoms with Gasteiger partial charge in [-0.25, -0.2) is 4.79 Å². The van der Waals surface area contributed by atoms with Gasteiger partial charge >= 0.3 is 17.9 Å². The van der Waals surface area contributed by atoms with Crippen molar-refractivity contribution in [2.24, 2.45) is 5.73 Å². The van der Waals surface area contributed by atoms with Gasteiger partial charge in [-0.1, -0.05) is 18.2 Å². The Kier molecular flexibility index (Phi) is 8.92. The first-order chi connectivity index (χ1) is 15.6. The van der Waals surface area contributed by atoms with E-state index in [9.17, 15) is 29.1 Å². The lowest BCUT2D eigenvalue weighted by molar-refractivity contribution is -0.143. The maximum atomic E-state index is 12.9. The molecule has 0 fully saturated rings. The minimum absolute atomic E-state index is 0.0154. The summed E-state index contributed by atoms with van der Waals surface area (Å²) in [5.41, 5.74) is 7.20. The van der Waals surface area contributed by atoms with Crippen LogP contribution in [0.15, 0.2) is 30.5 Å². The van der Waals surface area contributed by atoms with Crippen molar-refractivity contribution in [1.82, 2.24) is 15.6 Å². The number of aromatic nitrogens is 1. The third kappa shape index (κ3) is 7.61. The van der Waals surface area contributed by atoms with Crippen LogP contribution in [0.4, 0.5) is 0 Å². The van der Waals surface area contributed by atoms with Crippen molar-refractivity contribution in [2.45, 2.75) is 50.2 Å². The number of carboxylic acids is 3. The Morgan fingerprint density at radius 1 is 0.879 bits per heavy atom. The average Bonchev–Trinajstić information content (AvgIpc) is 3.16.